The van der Waals surface area contributed by atoms with Crippen LogP contribution in [0.15, 0.2) is 30.3 Å². The maximum absolute atomic E-state index is 11.4. The predicted molar refractivity (Wildman–Crippen MR) is 70.7 cm³/mol. The maximum atomic E-state index is 11.4. The lowest BCUT2D eigenvalue weighted by molar-refractivity contribution is -0.138. The molecule has 0 aromatic heterocycles. The molecular formula is C14H19NO4. The first-order chi connectivity index (χ1) is 9.08. The molecule has 104 valence electrons. The fourth-order valence-corrected chi connectivity index (χ4v) is 1.59. The van der Waals surface area contributed by atoms with E-state index in [2.05, 4.69) is 5.32 Å². The highest BCUT2D eigenvalue weighted by Gasteiger charge is 2.08. The molecule has 0 saturated carbocycles. The van der Waals surface area contributed by atoms with Crippen molar-refractivity contribution in [2.75, 3.05) is 6.54 Å². The molecule has 2 N–H and O–H groups in total. The van der Waals surface area contributed by atoms with Crippen molar-refractivity contribution in [3.05, 3.63) is 35.9 Å². The lowest BCUT2D eigenvalue weighted by atomic mass is 10.0. The van der Waals surface area contributed by atoms with E-state index >= 15 is 0 Å². The molecule has 0 bridgehead atoms. The van der Waals surface area contributed by atoms with Crippen LogP contribution < -0.4 is 5.32 Å². The molecule has 1 amide bonds. The highest BCUT2D eigenvalue weighted by molar-refractivity contribution is 5.67. The van der Waals surface area contributed by atoms with Crippen molar-refractivity contribution >= 4 is 12.1 Å². The zero-order valence-electron chi connectivity index (χ0n) is 11.0. The summed E-state index contributed by atoms with van der Waals surface area (Å²) < 4.78 is 5.02. The van der Waals surface area contributed by atoms with Crippen LogP contribution in [0.3, 0.4) is 0 Å². The molecule has 19 heavy (non-hydrogen) atoms. The van der Waals surface area contributed by atoms with Gasteiger partial charge in [-0.1, -0.05) is 37.3 Å². The Labute approximate surface area is 112 Å². The van der Waals surface area contributed by atoms with E-state index in [0.717, 1.165) is 5.56 Å². The summed E-state index contributed by atoms with van der Waals surface area (Å²) in [5, 5.41) is 11.2. The Hall–Kier alpha value is -2.04. The third-order valence-electron chi connectivity index (χ3n) is 2.64. The number of ether oxygens (including phenoxy) is 1. The zero-order chi connectivity index (χ0) is 14.1. The standard InChI is InChI=1S/C14H19NO4/c1-11(9-13(16)17)7-8-15-14(18)19-10-12-5-3-2-4-6-12/h2-6,11H,7-10H2,1H3,(H,15,18)(H,16,17). The van der Waals surface area contributed by atoms with Crippen molar-refractivity contribution in [3.8, 4) is 0 Å². The van der Waals surface area contributed by atoms with Gasteiger partial charge in [-0.05, 0) is 17.9 Å². The summed E-state index contributed by atoms with van der Waals surface area (Å²) in [7, 11) is 0. The third-order valence-corrected chi connectivity index (χ3v) is 2.64. The van der Waals surface area contributed by atoms with Crippen molar-refractivity contribution in [1.29, 1.82) is 0 Å². The lowest BCUT2D eigenvalue weighted by Crippen LogP contribution is -2.26. The van der Waals surface area contributed by atoms with E-state index in [9.17, 15) is 9.59 Å². The van der Waals surface area contributed by atoms with Gasteiger partial charge in [-0.3, -0.25) is 4.79 Å². The van der Waals surface area contributed by atoms with Gasteiger partial charge in [0.1, 0.15) is 6.61 Å². The van der Waals surface area contributed by atoms with E-state index in [1.54, 1.807) is 0 Å². The average molecular weight is 265 g/mol. The van der Waals surface area contributed by atoms with Crippen LogP contribution >= 0.6 is 0 Å². The first kappa shape index (κ1) is 15.0. The molecule has 0 fully saturated rings. The Bertz CT molecular complexity index is 405. The highest BCUT2D eigenvalue weighted by Crippen LogP contribution is 2.06. The van der Waals surface area contributed by atoms with Crippen molar-refractivity contribution in [3.63, 3.8) is 0 Å². The number of carboxylic acid groups (broad SMARTS) is 1. The van der Waals surface area contributed by atoms with E-state index in [0.29, 0.717) is 13.0 Å². The Morgan fingerprint density at radius 3 is 2.63 bits per heavy atom. The van der Waals surface area contributed by atoms with Crippen LogP contribution in [-0.2, 0) is 16.1 Å². The summed E-state index contributed by atoms with van der Waals surface area (Å²) in [5.41, 5.74) is 0.928. The van der Waals surface area contributed by atoms with E-state index in [4.69, 9.17) is 9.84 Å². The van der Waals surface area contributed by atoms with Gasteiger partial charge in [0, 0.05) is 13.0 Å². The van der Waals surface area contributed by atoms with Crippen LogP contribution in [0.1, 0.15) is 25.3 Å². The third kappa shape index (κ3) is 7.08. The molecule has 1 aromatic rings. The van der Waals surface area contributed by atoms with Crippen LogP contribution in [0, 0.1) is 5.92 Å². The van der Waals surface area contributed by atoms with Gasteiger partial charge in [-0.2, -0.15) is 0 Å². The Kier molecular flexibility index (Phi) is 6.43. The smallest absolute Gasteiger partial charge is 0.407 e. The summed E-state index contributed by atoms with van der Waals surface area (Å²) in [6.45, 7) is 2.49. The second-order valence-electron chi connectivity index (χ2n) is 4.48. The van der Waals surface area contributed by atoms with E-state index in [-0.39, 0.29) is 18.9 Å². The summed E-state index contributed by atoms with van der Waals surface area (Å²) in [5.74, 6) is -0.786. The summed E-state index contributed by atoms with van der Waals surface area (Å²) in [6.07, 6.45) is 0.249. The number of benzene rings is 1. The number of carboxylic acids is 1. The molecule has 1 aromatic carbocycles. The number of hydrogen-bond acceptors (Lipinski definition) is 3. The SMILES string of the molecule is CC(CCNC(=O)OCc1ccccc1)CC(=O)O. The average Bonchev–Trinajstić information content (AvgIpc) is 2.36. The topological polar surface area (TPSA) is 75.6 Å². The van der Waals surface area contributed by atoms with Crippen LogP contribution in [0.2, 0.25) is 0 Å². The molecule has 5 nitrogen and oxygen atoms in total. The minimum absolute atomic E-state index is 0.0342. The zero-order valence-corrected chi connectivity index (χ0v) is 11.0. The molecule has 0 radical (unpaired) electrons. The number of carbonyl (C=O) groups is 2. The number of carbonyl (C=O) groups excluding carboxylic acids is 1. The van der Waals surface area contributed by atoms with E-state index in [1.165, 1.54) is 0 Å². The number of alkyl carbamates (subject to hydrolysis) is 1. The number of amides is 1. The normalized spacial score (nSPS) is 11.6. The van der Waals surface area contributed by atoms with Gasteiger partial charge in [-0.15, -0.1) is 0 Å². The quantitative estimate of drug-likeness (QED) is 0.793. The Morgan fingerprint density at radius 1 is 1.32 bits per heavy atom. The maximum Gasteiger partial charge on any atom is 0.407 e. The van der Waals surface area contributed by atoms with Crippen molar-refractivity contribution in [2.45, 2.75) is 26.4 Å². The van der Waals surface area contributed by atoms with Crippen molar-refractivity contribution < 1.29 is 19.4 Å². The molecule has 0 heterocycles. The number of aliphatic carboxylic acids is 1. The van der Waals surface area contributed by atoms with Crippen molar-refractivity contribution in [1.82, 2.24) is 5.32 Å². The van der Waals surface area contributed by atoms with Crippen LogP contribution in [0.4, 0.5) is 4.79 Å². The molecule has 1 rings (SSSR count). The van der Waals surface area contributed by atoms with Gasteiger partial charge in [0.15, 0.2) is 0 Å². The van der Waals surface area contributed by atoms with Gasteiger partial charge < -0.3 is 15.2 Å². The molecule has 0 aliphatic rings. The molecule has 1 unspecified atom stereocenters. The predicted octanol–water partition coefficient (Wildman–Crippen LogP) is 2.41. The Balaban J connectivity index is 2.13. The highest BCUT2D eigenvalue weighted by atomic mass is 16.5. The van der Waals surface area contributed by atoms with Crippen LogP contribution in [0.5, 0.6) is 0 Å². The minimum Gasteiger partial charge on any atom is -0.481 e. The largest absolute Gasteiger partial charge is 0.481 e. The van der Waals surface area contributed by atoms with Gasteiger partial charge in [0.2, 0.25) is 0 Å². The first-order valence-corrected chi connectivity index (χ1v) is 6.24. The van der Waals surface area contributed by atoms with Crippen LogP contribution in [-0.4, -0.2) is 23.7 Å². The molecule has 1 atom stereocenters. The lowest BCUT2D eigenvalue weighted by Gasteiger charge is -2.10. The molecule has 0 saturated heterocycles. The second kappa shape index (κ2) is 8.13. The van der Waals surface area contributed by atoms with Gasteiger partial charge >= 0.3 is 12.1 Å². The number of rotatable bonds is 7. The molecule has 0 aliphatic carbocycles. The Morgan fingerprint density at radius 2 is 2.00 bits per heavy atom. The van der Waals surface area contributed by atoms with Gasteiger partial charge in [0.05, 0.1) is 0 Å². The number of nitrogens with one attached hydrogen (secondary N) is 1. The number of hydrogen-bond donors (Lipinski definition) is 2. The summed E-state index contributed by atoms with van der Waals surface area (Å²) in [6, 6.07) is 9.41. The summed E-state index contributed by atoms with van der Waals surface area (Å²) in [4.78, 5) is 21.8. The van der Waals surface area contributed by atoms with Crippen LogP contribution in [0.25, 0.3) is 0 Å². The monoisotopic (exact) mass is 265 g/mol. The first-order valence-electron chi connectivity index (χ1n) is 6.24. The van der Waals surface area contributed by atoms with Gasteiger partial charge in [-0.25, -0.2) is 4.79 Å². The minimum atomic E-state index is -0.820. The fraction of sp³-hybridized carbons (Fsp3) is 0.429. The van der Waals surface area contributed by atoms with Crippen molar-refractivity contribution in [2.24, 2.45) is 5.92 Å². The van der Waals surface area contributed by atoms with E-state index in [1.807, 2.05) is 37.3 Å². The summed E-state index contributed by atoms with van der Waals surface area (Å²) >= 11 is 0. The van der Waals surface area contributed by atoms with Gasteiger partial charge in [0.25, 0.3) is 0 Å². The molecule has 5 heteroatoms. The molecule has 0 spiro atoms. The molecule has 0 aliphatic heterocycles. The van der Waals surface area contributed by atoms with E-state index < -0.39 is 12.1 Å². The molecular weight excluding hydrogens is 246 g/mol. The second-order valence-corrected chi connectivity index (χ2v) is 4.48. The fourth-order valence-electron chi connectivity index (χ4n) is 1.59.